The van der Waals surface area contributed by atoms with Crippen LogP contribution in [0.4, 0.5) is 0 Å². The second-order valence-electron chi connectivity index (χ2n) is 5.59. The maximum atomic E-state index is 12.2. The molecule has 0 aromatic heterocycles. The molecular weight excluding hydrogens is 320 g/mol. The van der Waals surface area contributed by atoms with Gasteiger partial charge in [0.05, 0.1) is 19.1 Å². The van der Waals surface area contributed by atoms with Crippen molar-refractivity contribution in [3.05, 3.63) is 0 Å². The number of amides is 1. The van der Waals surface area contributed by atoms with Crippen molar-refractivity contribution in [3.63, 3.8) is 0 Å². The molecule has 1 amide bonds. The van der Waals surface area contributed by atoms with Gasteiger partial charge in [0.25, 0.3) is 0 Å². The third-order valence-electron chi connectivity index (χ3n) is 3.61. The summed E-state index contributed by atoms with van der Waals surface area (Å²) in [6, 6.07) is -3.04. The van der Waals surface area contributed by atoms with Gasteiger partial charge in [-0.25, -0.2) is 9.59 Å². The van der Waals surface area contributed by atoms with E-state index >= 15 is 0 Å². The molecular formula is C15H24N2O7. The summed E-state index contributed by atoms with van der Waals surface area (Å²) in [5.41, 5.74) is 5.43. The van der Waals surface area contributed by atoms with Gasteiger partial charge in [-0.2, -0.15) is 0 Å². The Balaban J connectivity index is 2.71. The maximum absolute atomic E-state index is 12.2. The lowest BCUT2D eigenvalue weighted by Gasteiger charge is -2.24. The van der Waals surface area contributed by atoms with Crippen molar-refractivity contribution in [2.24, 2.45) is 5.73 Å². The number of aliphatic carboxylic acids is 1. The quantitative estimate of drug-likeness (QED) is 0.402. The molecule has 136 valence electrons. The van der Waals surface area contributed by atoms with Crippen LogP contribution in [0.1, 0.15) is 45.4 Å². The van der Waals surface area contributed by atoms with E-state index in [4.69, 9.17) is 20.3 Å². The van der Waals surface area contributed by atoms with Gasteiger partial charge in [-0.1, -0.05) is 6.42 Å². The molecule has 0 spiro atoms. The highest BCUT2D eigenvalue weighted by molar-refractivity contribution is 6.03. The van der Waals surface area contributed by atoms with E-state index in [0.29, 0.717) is 12.8 Å². The highest BCUT2D eigenvalue weighted by Gasteiger charge is 2.34. The Morgan fingerprint density at radius 2 is 1.79 bits per heavy atom. The molecule has 0 aliphatic heterocycles. The van der Waals surface area contributed by atoms with E-state index in [-0.39, 0.29) is 12.7 Å². The van der Waals surface area contributed by atoms with Crippen LogP contribution in [0.5, 0.6) is 0 Å². The average Bonchev–Trinajstić information content (AvgIpc) is 2.52. The van der Waals surface area contributed by atoms with Gasteiger partial charge in [0.15, 0.2) is 0 Å². The summed E-state index contributed by atoms with van der Waals surface area (Å²) in [5, 5.41) is 10.8. The SMILES string of the molecule is CCOC(=O)[C@H](NC(=O)[C@H](N)CC(=O)O)C(=O)OC1CCCCC1. The van der Waals surface area contributed by atoms with Crippen molar-refractivity contribution < 1.29 is 33.8 Å². The first-order valence-corrected chi connectivity index (χ1v) is 8.00. The molecule has 4 N–H and O–H groups in total. The first-order valence-electron chi connectivity index (χ1n) is 8.00. The minimum atomic E-state index is -1.65. The van der Waals surface area contributed by atoms with E-state index in [9.17, 15) is 19.2 Å². The summed E-state index contributed by atoms with van der Waals surface area (Å²) < 4.78 is 10.0. The van der Waals surface area contributed by atoms with Crippen LogP contribution in [0.25, 0.3) is 0 Å². The minimum Gasteiger partial charge on any atom is -0.481 e. The van der Waals surface area contributed by atoms with Crippen molar-refractivity contribution in [2.75, 3.05) is 6.61 Å². The lowest BCUT2D eigenvalue weighted by molar-refractivity contribution is -0.163. The van der Waals surface area contributed by atoms with Crippen LogP contribution >= 0.6 is 0 Å². The summed E-state index contributed by atoms with van der Waals surface area (Å²) in [6.07, 6.45) is 3.40. The molecule has 1 saturated carbocycles. The van der Waals surface area contributed by atoms with E-state index in [1.54, 1.807) is 6.92 Å². The molecule has 0 saturated heterocycles. The first kappa shape index (κ1) is 19.9. The Bertz CT molecular complexity index is 474. The van der Waals surface area contributed by atoms with E-state index in [1.807, 2.05) is 0 Å². The molecule has 1 aliphatic carbocycles. The smallest absolute Gasteiger partial charge is 0.340 e. The number of rotatable bonds is 8. The molecule has 0 unspecified atom stereocenters. The second-order valence-corrected chi connectivity index (χ2v) is 5.59. The van der Waals surface area contributed by atoms with Crippen LogP contribution in [0.3, 0.4) is 0 Å². The van der Waals surface area contributed by atoms with Crippen molar-refractivity contribution in [1.29, 1.82) is 0 Å². The van der Waals surface area contributed by atoms with Crippen LogP contribution < -0.4 is 11.1 Å². The van der Waals surface area contributed by atoms with Crippen LogP contribution in [0.15, 0.2) is 0 Å². The molecule has 9 nitrogen and oxygen atoms in total. The van der Waals surface area contributed by atoms with Crippen LogP contribution in [0, 0.1) is 0 Å². The fourth-order valence-electron chi connectivity index (χ4n) is 2.39. The Morgan fingerprint density at radius 1 is 1.17 bits per heavy atom. The highest BCUT2D eigenvalue weighted by Crippen LogP contribution is 2.20. The maximum Gasteiger partial charge on any atom is 0.340 e. The second kappa shape index (κ2) is 9.86. The fraction of sp³-hybridized carbons (Fsp3) is 0.733. The van der Waals surface area contributed by atoms with Gasteiger partial charge in [-0.05, 0) is 32.6 Å². The van der Waals surface area contributed by atoms with Gasteiger partial charge in [-0.15, -0.1) is 0 Å². The summed E-state index contributed by atoms with van der Waals surface area (Å²) in [4.78, 5) is 46.6. The Morgan fingerprint density at radius 3 is 2.33 bits per heavy atom. The van der Waals surface area contributed by atoms with Crippen molar-refractivity contribution in [1.82, 2.24) is 5.32 Å². The summed E-state index contributed by atoms with van der Waals surface area (Å²) >= 11 is 0. The van der Waals surface area contributed by atoms with Crippen LogP contribution in [0.2, 0.25) is 0 Å². The lowest BCUT2D eigenvalue weighted by atomic mass is 9.98. The number of nitrogens with two attached hydrogens (primary N) is 1. The van der Waals surface area contributed by atoms with Gasteiger partial charge >= 0.3 is 17.9 Å². The van der Waals surface area contributed by atoms with Crippen molar-refractivity contribution in [3.8, 4) is 0 Å². The normalized spacial score (nSPS) is 17.4. The number of carbonyl (C=O) groups is 4. The zero-order valence-electron chi connectivity index (χ0n) is 13.7. The van der Waals surface area contributed by atoms with E-state index in [2.05, 4.69) is 5.32 Å². The number of hydrogen-bond donors (Lipinski definition) is 3. The zero-order chi connectivity index (χ0) is 18.1. The van der Waals surface area contributed by atoms with Crippen LogP contribution in [-0.2, 0) is 28.7 Å². The summed E-state index contributed by atoms with van der Waals surface area (Å²) in [6.45, 7) is 1.57. The van der Waals surface area contributed by atoms with Crippen molar-refractivity contribution in [2.45, 2.75) is 63.6 Å². The molecule has 1 aliphatic rings. The standard InChI is InChI=1S/C15H24N2O7/c1-2-23-14(21)12(17-13(20)10(16)8-11(18)19)15(22)24-9-6-4-3-5-7-9/h9-10,12H,2-8,16H2,1H3,(H,17,20)(H,18,19)/t10-,12+/m1/s1. The summed E-state index contributed by atoms with van der Waals surface area (Å²) in [7, 11) is 0. The minimum absolute atomic E-state index is 0.0170. The number of ether oxygens (including phenoxy) is 2. The fourth-order valence-corrected chi connectivity index (χ4v) is 2.39. The number of nitrogens with one attached hydrogen (secondary N) is 1. The molecule has 1 fully saturated rings. The molecule has 2 atom stereocenters. The van der Waals surface area contributed by atoms with Gasteiger partial charge < -0.3 is 25.6 Å². The largest absolute Gasteiger partial charge is 0.481 e. The van der Waals surface area contributed by atoms with Gasteiger partial charge in [0.2, 0.25) is 11.9 Å². The van der Waals surface area contributed by atoms with Crippen molar-refractivity contribution >= 4 is 23.8 Å². The molecule has 24 heavy (non-hydrogen) atoms. The Kier molecular flexibility index (Phi) is 8.17. The summed E-state index contributed by atoms with van der Waals surface area (Å²) in [5.74, 6) is -4.09. The Hall–Kier alpha value is -2.16. The Labute approximate surface area is 139 Å². The predicted octanol–water partition coefficient (Wildman–Crippen LogP) is -0.288. The number of hydrogen-bond acceptors (Lipinski definition) is 7. The topological polar surface area (TPSA) is 145 Å². The van der Waals surface area contributed by atoms with Crippen LogP contribution in [-0.4, -0.2) is 53.7 Å². The van der Waals surface area contributed by atoms with E-state index < -0.39 is 42.3 Å². The number of carbonyl (C=O) groups excluding carboxylic acids is 3. The number of carboxylic acids is 1. The molecule has 9 heteroatoms. The highest BCUT2D eigenvalue weighted by atomic mass is 16.6. The van der Waals surface area contributed by atoms with Gasteiger partial charge in [0, 0.05) is 0 Å². The monoisotopic (exact) mass is 344 g/mol. The van der Waals surface area contributed by atoms with Gasteiger partial charge in [-0.3, -0.25) is 9.59 Å². The molecule has 0 aromatic rings. The van der Waals surface area contributed by atoms with E-state index in [1.165, 1.54) is 0 Å². The first-order chi connectivity index (χ1) is 11.3. The molecule has 0 radical (unpaired) electrons. The van der Waals surface area contributed by atoms with Gasteiger partial charge in [0.1, 0.15) is 6.10 Å². The lowest BCUT2D eigenvalue weighted by Crippen LogP contribution is -2.53. The molecule has 1 rings (SSSR count). The number of carboxylic acid groups (broad SMARTS) is 1. The predicted molar refractivity (Wildman–Crippen MR) is 81.8 cm³/mol. The zero-order valence-corrected chi connectivity index (χ0v) is 13.7. The molecule has 0 heterocycles. The third-order valence-corrected chi connectivity index (χ3v) is 3.61. The van der Waals surface area contributed by atoms with E-state index in [0.717, 1.165) is 19.3 Å². The molecule has 0 bridgehead atoms. The number of esters is 2. The molecule has 0 aromatic carbocycles. The third kappa shape index (κ3) is 6.53. The average molecular weight is 344 g/mol.